The number of aliphatic imine (C=N–C) groups is 1. The number of pyridine rings is 4. The van der Waals surface area contributed by atoms with E-state index >= 15 is 0 Å². The Kier molecular flexibility index (Phi) is 9.23. The van der Waals surface area contributed by atoms with Gasteiger partial charge in [0.05, 0.1) is 30.8 Å². The first-order valence-electron chi connectivity index (χ1n) is 13.6. The quantitative estimate of drug-likeness (QED) is 0.277. The molecule has 4 aromatic heterocycles. The van der Waals surface area contributed by atoms with Gasteiger partial charge in [-0.3, -0.25) is 24.5 Å². The van der Waals surface area contributed by atoms with Crippen LogP contribution >= 0.6 is 0 Å². The maximum Gasteiger partial charge on any atom is 0.275 e. The molecule has 0 aromatic carbocycles. The topological polar surface area (TPSA) is 141 Å². The zero-order valence-electron chi connectivity index (χ0n) is 23.8. The third-order valence-electron chi connectivity index (χ3n) is 6.10. The third-order valence-corrected chi connectivity index (χ3v) is 6.10. The molecule has 1 unspecified atom stereocenters. The Morgan fingerprint density at radius 2 is 1.48 bits per heavy atom. The lowest BCUT2D eigenvalue weighted by Crippen LogP contribution is -2.32. The van der Waals surface area contributed by atoms with E-state index < -0.39 is 23.4 Å². The van der Waals surface area contributed by atoms with Crippen LogP contribution < -0.4 is 20.1 Å². The van der Waals surface area contributed by atoms with Crippen molar-refractivity contribution in [2.24, 2.45) is 4.99 Å². The standard InChI is InChI=1S/C31H27F2N7O4/c1-18-4-3-5-29(38-18)40-31(42)28-13-24(44-26-10-21(33)15-35-17-26)11-22(39-28)6-7-36-30(41)27-12-23(8-19(2)37-27)43-25-9-20(32)14-34-16-25/h3,5,8-18H,4,6-7H2,1-2H3,(H,36,41)(H,38,40,42). The van der Waals surface area contributed by atoms with E-state index in [0.29, 0.717) is 17.2 Å². The molecule has 0 saturated heterocycles. The van der Waals surface area contributed by atoms with Gasteiger partial charge in [-0.1, -0.05) is 6.08 Å². The highest BCUT2D eigenvalue weighted by molar-refractivity contribution is 6.09. The van der Waals surface area contributed by atoms with E-state index in [-0.39, 0.29) is 53.4 Å². The number of hydrogen-bond acceptors (Lipinski definition) is 9. The van der Waals surface area contributed by atoms with Crippen LogP contribution in [0.4, 0.5) is 8.78 Å². The van der Waals surface area contributed by atoms with Crippen LogP contribution in [0.5, 0.6) is 23.0 Å². The van der Waals surface area contributed by atoms with Crippen molar-refractivity contribution in [2.75, 3.05) is 6.54 Å². The van der Waals surface area contributed by atoms with E-state index in [1.807, 2.05) is 13.0 Å². The van der Waals surface area contributed by atoms with Crippen molar-refractivity contribution >= 4 is 17.6 Å². The van der Waals surface area contributed by atoms with Crippen LogP contribution in [0.25, 0.3) is 0 Å². The SMILES string of the molecule is Cc1cc(Oc2cncc(F)c2)cc(C(=O)NCCc2cc(Oc3cncc(F)c3)cc(C(=O)NC3=NC(C)CC=C3)n2)n1. The van der Waals surface area contributed by atoms with Gasteiger partial charge in [-0.05, 0) is 26.3 Å². The van der Waals surface area contributed by atoms with Gasteiger partial charge in [-0.2, -0.15) is 0 Å². The van der Waals surface area contributed by atoms with E-state index in [0.717, 1.165) is 24.9 Å². The molecule has 44 heavy (non-hydrogen) atoms. The highest BCUT2D eigenvalue weighted by Crippen LogP contribution is 2.24. The Morgan fingerprint density at radius 1 is 0.841 bits per heavy atom. The van der Waals surface area contributed by atoms with E-state index in [9.17, 15) is 18.4 Å². The monoisotopic (exact) mass is 599 g/mol. The third kappa shape index (κ3) is 8.25. The summed E-state index contributed by atoms with van der Waals surface area (Å²) in [5.41, 5.74) is 1.06. The highest BCUT2D eigenvalue weighted by atomic mass is 19.1. The zero-order valence-corrected chi connectivity index (χ0v) is 23.8. The maximum absolute atomic E-state index is 13.7. The van der Waals surface area contributed by atoms with Crippen molar-refractivity contribution in [1.29, 1.82) is 0 Å². The molecule has 11 nitrogen and oxygen atoms in total. The second kappa shape index (κ2) is 13.6. The first-order chi connectivity index (χ1) is 21.2. The number of amidine groups is 1. The Labute approximate surface area is 251 Å². The molecule has 1 aliphatic rings. The van der Waals surface area contributed by atoms with Crippen LogP contribution in [0.3, 0.4) is 0 Å². The van der Waals surface area contributed by atoms with Gasteiger partial charge in [0.25, 0.3) is 11.8 Å². The molecule has 5 rings (SSSR count). The normalized spacial score (nSPS) is 14.0. The van der Waals surface area contributed by atoms with Gasteiger partial charge in [0.1, 0.15) is 51.9 Å². The number of aryl methyl sites for hydroxylation is 1. The zero-order chi connectivity index (χ0) is 31.1. The Morgan fingerprint density at radius 3 is 2.11 bits per heavy atom. The fourth-order valence-corrected chi connectivity index (χ4v) is 4.20. The van der Waals surface area contributed by atoms with E-state index in [1.54, 1.807) is 25.1 Å². The summed E-state index contributed by atoms with van der Waals surface area (Å²) < 4.78 is 38.6. The van der Waals surface area contributed by atoms with Crippen LogP contribution in [0.15, 0.2) is 78.3 Å². The number of carbonyl (C=O) groups excluding carboxylic acids is 2. The lowest BCUT2D eigenvalue weighted by atomic mass is 10.2. The first-order valence-corrected chi connectivity index (χ1v) is 13.6. The second-order valence-electron chi connectivity index (χ2n) is 9.85. The molecule has 0 fully saturated rings. The number of aromatic nitrogens is 4. The lowest BCUT2D eigenvalue weighted by molar-refractivity contribution is 0.0945. The molecule has 0 saturated carbocycles. The molecule has 5 heterocycles. The number of carbonyl (C=O) groups is 2. The number of nitrogens with zero attached hydrogens (tertiary/aromatic N) is 5. The summed E-state index contributed by atoms with van der Waals surface area (Å²) in [5, 5.41) is 5.51. The molecule has 0 bridgehead atoms. The minimum absolute atomic E-state index is 0.0291. The van der Waals surface area contributed by atoms with Gasteiger partial charge in [0, 0.05) is 60.8 Å². The van der Waals surface area contributed by atoms with Crippen molar-refractivity contribution < 1.29 is 27.8 Å². The molecule has 1 atom stereocenters. The average Bonchev–Trinajstić information content (AvgIpc) is 2.97. The summed E-state index contributed by atoms with van der Waals surface area (Å²) in [7, 11) is 0. The molecule has 0 aliphatic carbocycles. The van der Waals surface area contributed by atoms with E-state index in [2.05, 4.69) is 35.6 Å². The minimum Gasteiger partial charge on any atom is -0.455 e. The average molecular weight is 600 g/mol. The number of ether oxygens (including phenoxy) is 2. The van der Waals surface area contributed by atoms with Gasteiger partial charge in [0.15, 0.2) is 0 Å². The molecule has 13 heteroatoms. The number of rotatable bonds is 9. The molecule has 2 amide bonds. The fraction of sp³-hybridized carbons (Fsp3) is 0.194. The van der Waals surface area contributed by atoms with Crippen molar-refractivity contribution in [3.63, 3.8) is 0 Å². The molecule has 4 aromatic rings. The minimum atomic E-state index is -0.584. The van der Waals surface area contributed by atoms with E-state index in [1.165, 1.54) is 30.6 Å². The first kappa shape index (κ1) is 29.9. The van der Waals surface area contributed by atoms with E-state index in [4.69, 9.17) is 9.47 Å². The largest absolute Gasteiger partial charge is 0.455 e. The number of halogens is 2. The smallest absolute Gasteiger partial charge is 0.275 e. The molecule has 0 radical (unpaired) electrons. The van der Waals surface area contributed by atoms with Crippen molar-refractivity contribution in [3.8, 4) is 23.0 Å². The number of amides is 2. The molecule has 1 aliphatic heterocycles. The van der Waals surface area contributed by atoms with Crippen LogP contribution in [-0.4, -0.2) is 50.2 Å². The number of dihydropyridines is 1. The van der Waals surface area contributed by atoms with Gasteiger partial charge in [-0.25, -0.2) is 18.7 Å². The predicted octanol–water partition coefficient (Wildman–Crippen LogP) is 4.89. The second-order valence-corrected chi connectivity index (χ2v) is 9.85. The van der Waals surface area contributed by atoms with Crippen molar-refractivity contribution in [2.45, 2.75) is 32.7 Å². The van der Waals surface area contributed by atoms with Gasteiger partial charge in [0.2, 0.25) is 0 Å². The maximum atomic E-state index is 13.7. The molecular formula is C31H27F2N7O4. The Balaban J connectivity index is 1.29. The van der Waals surface area contributed by atoms with Gasteiger partial charge < -0.3 is 20.1 Å². The molecule has 224 valence electrons. The van der Waals surface area contributed by atoms with Crippen molar-refractivity contribution in [3.05, 3.63) is 108 Å². The molecule has 0 spiro atoms. The van der Waals surface area contributed by atoms with Crippen LogP contribution in [0.1, 0.15) is 45.7 Å². The predicted molar refractivity (Wildman–Crippen MR) is 156 cm³/mol. The highest BCUT2D eigenvalue weighted by Gasteiger charge is 2.16. The summed E-state index contributed by atoms with van der Waals surface area (Å²) >= 11 is 0. The Hall–Kier alpha value is -5.59. The lowest BCUT2D eigenvalue weighted by Gasteiger charge is -2.14. The number of nitrogens with one attached hydrogen (secondary N) is 2. The van der Waals surface area contributed by atoms with Gasteiger partial charge in [-0.15, -0.1) is 0 Å². The van der Waals surface area contributed by atoms with Gasteiger partial charge >= 0.3 is 0 Å². The summed E-state index contributed by atoms with van der Waals surface area (Å²) in [6.07, 6.45) is 9.41. The van der Waals surface area contributed by atoms with Crippen LogP contribution in [-0.2, 0) is 6.42 Å². The molecule has 2 N–H and O–H groups in total. The van der Waals surface area contributed by atoms with Crippen LogP contribution in [0, 0.1) is 18.6 Å². The summed E-state index contributed by atoms with van der Waals surface area (Å²) in [6.45, 7) is 3.76. The molecular weight excluding hydrogens is 572 g/mol. The summed E-state index contributed by atoms with van der Waals surface area (Å²) in [4.78, 5) is 46.7. The summed E-state index contributed by atoms with van der Waals surface area (Å²) in [5.74, 6) is -0.913. The van der Waals surface area contributed by atoms with Crippen molar-refractivity contribution in [1.82, 2.24) is 30.6 Å². The summed E-state index contributed by atoms with van der Waals surface area (Å²) in [6, 6.07) is 8.40. The number of hydrogen-bond donors (Lipinski definition) is 2. The Bertz CT molecular complexity index is 1760. The van der Waals surface area contributed by atoms with Crippen LogP contribution in [0.2, 0.25) is 0 Å². The fourth-order valence-electron chi connectivity index (χ4n) is 4.20.